The second-order valence-electron chi connectivity index (χ2n) is 7.96. The van der Waals surface area contributed by atoms with Crippen LogP contribution in [0.3, 0.4) is 0 Å². The number of nitrogens with zero attached hydrogens (tertiary/aromatic N) is 2. The van der Waals surface area contributed by atoms with Crippen LogP contribution >= 0.6 is 0 Å². The molecular weight excluding hydrogens is 358 g/mol. The smallest absolute Gasteiger partial charge is 0.330 e. The van der Waals surface area contributed by atoms with Crippen molar-refractivity contribution in [2.75, 3.05) is 6.61 Å². The molecule has 1 saturated heterocycles. The molecule has 1 N–H and O–H groups in total. The van der Waals surface area contributed by atoms with Crippen LogP contribution in [-0.2, 0) is 10.2 Å². The number of urea groups is 1. The molecule has 1 spiro atoms. The highest BCUT2D eigenvalue weighted by atomic mass is 16.5. The molecule has 1 aromatic rings. The lowest BCUT2D eigenvalue weighted by Gasteiger charge is -2.16. The molecule has 146 valence electrons. The van der Waals surface area contributed by atoms with E-state index in [0.717, 1.165) is 34.8 Å². The first-order chi connectivity index (χ1) is 13.3. The Balaban J connectivity index is 1.57. The van der Waals surface area contributed by atoms with Crippen molar-refractivity contribution in [3.63, 3.8) is 0 Å². The minimum absolute atomic E-state index is 0.0987. The third-order valence-corrected chi connectivity index (χ3v) is 5.37. The van der Waals surface area contributed by atoms with E-state index in [1.807, 2.05) is 25.1 Å². The number of carbonyl (C=O) groups is 2. The van der Waals surface area contributed by atoms with Crippen LogP contribution in [0.1, 0.15) is 39.2 Å². The largest absolute Gasteiger partial charge is 0.492 e. The maximum absolute atomic E-state index is 12.4. The van der Waals surface area contributed by atoms with Gasteiger partial charge in [0.1, 0.15) is 28.6 Å². The van der Waals surface area contributed by atoms with Gasteiger partial charge in [-0.25, -0.2) is 14.7 Å². The number of aliphatic imine (C=N–C) groups is 1. The molecule has 3 amide bonds. The van der Waals surface area contributed by atoms with Crippen LogP contribution in [-0.4, -0.2) is 35.7 Å². The van der Waals surface area contributed by atoms with E-state index in [4.69, 9.17) is 9.47 Å². The fourth-order valence-electron chi connectivity index (χ4n) is 3.63. The molecule has 2 aliphatic heterocycles. The highest BCUT2D eigenvalue weighted by molar-refractivity contribution is 6.08. The number of ether oxygens (including phenoxy) is 2. The molecule has 0 bridgehead atoms. The lowest BCUT2D eigenvalue weighted by atomic mass is 9.97. The third kappa shape index (κ3) is 2.87. The lowest BCUT2D eigenvalue weighted by Crippen LogP contribution is -2.40. The summed E-state index contributed by atoms with van der Waals surface area (Å²) in [5, 5.41) is 2.62. The maximum atomic E-state index is 12.4. The topological polar surface area (TPSA) is 80.2 Å². The monoisotopic (exact) mass is 381 g/mol. The molecule has 1 saturated carbocycles. The van der Waals surface area contributed by atoms with Gasteiger partial charge in [-0.3, -0.25) is 4.79 Å². The van der Waals surface area contributed by atoms with Crippen LogP contribution in [0.5, 0.6) is 11.5 Å². The predicted octanol–water partition coefficient (Wildman–Crippen LogP) is 3.27. The Labute approximate surface area is 163 Å². The fourth-order valence-corrected chi connectivity index (χ4v) is 3.63. The molecule has 4 rings (SSSR count). The Bertz CT molecular complexity index is 941. The summed E-state index contributed by atoms with van der Waals surface area (Å²) in [5.74, 6) is 2.03. The molecule has 28 heavy (non-hydrogen) atoms. The molecule has 0 radical (unpaired) electrons. The number of benzene rings is 1. The summed E-state index contributed by atoms with van der Waals surface area (Å²) in [6, 6.07) is 5.29. The van der Waals surface area contributed by atoms with E-state index in [9.17, 15) is 9.59 Å². The fraction of sp³-hybridized carbons (Fsp3) is 0.381. The van der Waals surface area contributed by atoms with Crippen molar-refractivity contribution in [1.29, 1.82) is 0 Å². The zero-order valence-electron chi connectivity index (χ0n) is 16.2. The normalized spacial score (nSPS) is 22.0. The van der Waals surface area contributed by atoms with Crippen molar-refractivity contribution in [2.24, 2.45) is 4.99 Å². The first-order valence-corrected chi connectivity index (χ1v) is 9.24. The van der Waals surface area contributed by atoms with Crippen LogP contribution in [0.2, 0.25) is 0 Å². The van der Waals surface area contributed by atoms with Crippen LogP contribution in [0.15, 0.2) is 46.9 Å². The van der Waals surface area contributed by atoms with E-state index in [1.54, 1.807) is 26.0 Å². The first-order valence-electron chi connectivity index (χ1n) is 9.24. The zero-order valence-corrected chi connectivity index (χ0v) is 16.2. The van der Waals surface area contributed by atoms with Gasteiger partial charge in [0.05, 0.1) is 6.61 Å². The number of fused-ring (bicyclic) bond motifs is 2. The van der Waals surface area contributed by atoms with Crippen molar-refractivity contribution >= 4 is 18.7 Å². The molecule has 1 aromatic carbocycles. The molecule has 7 heteroatoms. The van der Waals surface area contributed by atoms with E-state index >= 15 is 0 Å². The maximum Gasteiger partial charge on any atom is 0.330 e. The molecule has 0 aromatic heterocycles. The number of rotatable bonds is 5. The van der Waals surface area contributed by atoms with Crippen LogP contribution < -0.4 is 14.8 Å². The standard InChI is InChI=1S/C21H23N3O4/c1-13(8-9-16(22-4)24-18(25)20(2,3)23-19(24)26)28-15-7-5-6-14-17(15)21(10-11-21)12-27-14/h5-9H,4,10-12H2,1-3H3,(H,23,26)/b13-8+,16-9+. The van der Waals surface area contributed by atoms with Crippen LogP contribution in [0, 0.1) is 0 Å². The Kier molecular flexibility index (Phi) is 4.06. The quantitative estimate of drug-likeness (QED) is 0.367. The van der Waals surface area contributed by atoms with E-state index < -0.39 is 11.6 Å². The molecule has 0 unspecified atom stereocenters. The Morgan fingerprint density at radius 2 is 2.07 bits per heavy atom. The van der Waals surface area contributed by atoms with Crippen LogP contribution in [0.4, 0.5) is 4.79 Å². The van der Waals surface area contributed by atoms with Crippen molar-refractivity contribution in [3.8, 4) is 11.5 Å². The van der Waals surface area contributed by atoms with Gasteiger partial charge in [0, 0.05) is 11.0 Å². The minimum atomic E-state index is -0.973. The number of imide groups is 1. The second-order valence-corrected chi connectivity index (χ2v) is 7.96. The van der Waals surface area contributed by atoms with Gasteiger partial charge in [-0.15, -0.1) is 0 Å². The molecule has 3 aliphatic rings. The van der Waals surface area contributed by atoms with Gasteiger partial charge in [0.15, 0.2) is 0 Å². The molecular formula is C21H23N3O4. The van der Waals surface area contributed by atoms with Gasteiger partial charge in [-0.1, -0.05) is 6.07 Å². The van der Waals surface area contributed by atoms with Crippen molar-refractivity contribution < 1.29 is 19.1 Å². The predicted molar refractivity (Wildman–Crippen MR) is 104 cm³/mol. The van der Waals surface area contributed by atoms with E-state index in [0.29, 0.717) is 12.4 Å². The highest BCUT2D eigenvalue weighted by Gasteiger charge is 2.52. The van der Waals surface area contributed by atoms with Gasteiger partial charge in [-0.05, 0) is 64.6 Å². The minimum Gasteiger partial charge on any atom is -0.492 e. The Morgan fingerprint density at radius 3 is 2.68 bits per heavy atom. The summed E-state index contributed by atoms with van der Waals surface area (Å²) in [6.07, 6.45) is 5.43. The Hall–Kier alpha value is -3.09. The molecule has 2 heterocycles. The average Bonchev–Trinajstić information content (AvgIpc) is 3.27. The number of hydrogen-bond donors (Lipinski definition) is 1. The van der Waals surface area contributed by atoms with E-state index in [-0.39, 0.29) is 17.1 Å². The van der Waals surface area contributed by atoms with Gasteiger partial charge in [0.2, 0.25) is 0 Å². The van der Waals surface area contributed by atoms with Crippen molar-refractivity contribution in [2.45, 2.75) is 44.6 Å². The number of nitrogens with one attached hydrogen (secondary N) is 1. The number of carbonyl (C=O) groups excluding carboxylic acids is 2. The summed E-state index contributed by atoms with van der Waals surface area (Å²) in [5.41, 5.74) is 0.255. The molecule has 1 aliphatic carbocycles. The van der Waals surface area contributed by atoms with Gasteiger partial charge >= 0.3 is 6.03 Å². The second kappa shape index (κ2) is 6.22. The van der Waals surface area contributed by atoms with Gasteiger partial charge in [0.25, 0.3) is 5.91 Å². The third-order valence-electron chi connectivity index (χ3n) is 5.37. The van der Waals surface area contributed by atoms with Crippen molar-refractivity contribution in [3.05, 3.63) is 47.5 Å². The summed E-state index contributed by atoms with van der Waals surface area (Å²) in [4.78, 5) is 29.4. The van der Waals surface area contributed by atoms with Crippen molar-refractivity contribution in [1.82, 2.24) is 10.2 Å². The molecule has 7 nitrogen and oxygen atoms in total. The lowest BCUT2D eigenvalue weighted by molar-refractivity contribution is -0.128. The van der Waals surface area contributed by atoms with Gasteiger partial charge < -0.3 is 14.8 Å². The number of amides is 3. The summed E-state index contributed by atoms with van der Waals surface area (Å²) >= 11 is 0. The summed E-state index contributed by atoms with van der Waals surface area (Å²) in [6.45, 7) is 9.28. The average molecular weight is 381 g/mol. The number of allylic oxidation sites excluding steroid dienone is 3. The van der Waals surface area contributed by atoms with E-state index in [1.165, 1.54) is 0 Å². The zero-order chi connectivity index (χ0) is 20.1. The van der Waals surface area contributed by atoms with E-state index in [2.05, 4.69) is 17.0 Å². The first kappa shape index (κ1) is 18.3. The summed E-state index contributed by atoms with van der Waals surface area (Å²) in [7, 11) is 0. The molecule has 2 fully saturated rings. The number of hydrogen-bond acceptors (Lipinski definition) is 5. The Morgan fingerprint density at radius 1 is 1.32 bits per heavy atom. The van der Waals surface area contributed by atoms with Gasteiger partial charge in [-0.2, -0.15) is 0 Å². The summed E-state index contributed by atoms with van der Waals surface area (Å²) < 4.78 is 11.9. The highest BCUT2D eigenvalue weighted by Crippen LogP contribution is 2.58. The SMILES string of the molecule is C=N/C(=C\C=C(/C)Oc1cccc2c1C1(CC1)CO2)N1C(=O)NC(C)(C)C1=O. The molecule has 0 atom stereocenters. The van der Waals surface area contributed by atoms with Crippen LogP contribution in [0.25, 0.3) is 0 Å².